The number of fused-ring (bicyclic) bond motifs is 1. The van der Waals surface area contributed by atoms with E-state index in [0.29, 0.717) is 36.1 Å². The Morgan fingerprint density at radius 3 is 2.70 bits per heavy atom. The fourth-order valence-electron chi connectivity index (χ4n) is 5.97. The SMILES string of the molecule is Cc1cc(CN(Cc2cn(C3CC3)c3cc(OCCO)c(F)cc3c2=O)[C@H]2CCCN(c3cncc(F)c3)C2)ccn1.Cl. The number of aliphatic hydroxyl groups is 1. The van der Waals surface area contributed by atoms with Crippen LogP contribution in [0.1, 0.15) is 48.5 Å². The Bertz CT molecular complexity index is 1650. The van der Waals surface area contributed by atoms with E-state index >= 15 is 4.39 Å². The first-order chi connectivity index (χ1) is 20.4. The van der Waals surface area contributed by atoms with E-state index in [-0.39, 0.29) is 54.7 Å². The number of benzene rings is 1. The zero-order chi connectivity index (χ0) is 29.2. The molecular formula is C32H36ClF2N5O3. The number of halogens is 3. The monoisotopic (exact) mass is 611 g/mol. The number of aromatic nitrogens is 3. The first-order valence-corrected chi connectivity index (χ1v) is 14.5. The van der Waals surface area contributed by atoms with Crippen molar-refractivity contribution in [3.8, 4) is 5.75 Å². The van der Waals surface area contributed by atoms with Crippen molar-refractivity contribution in [2.45, 2.75) is 57.8 Å². The number of ether oxygens (including phenoxy) is 1. The molecule has 0 unspecified atom stereocenters. The lowest BCUT2D eigenvalue weighted by atomic mass is 10.0. The third-order valence-corrected chi connectivity index (χ3v) is 8.14. The number of hydrogen-bond acceptors (Lipinski definition) is 7. The molecule has 1 saturated carbocycles. The van der Waals surface area contributed by atoms with E-state index < -0.39 is 5.82 Å². The van der Waals surface area contributed by atoms with E-state index in [0.717, 1.165) is 49.2 Å². The maximum atomic E-state index is 15.0. The summed E-state index contributed by atoms with van der Waals surface area (Å²) in [4.78, 5) is 26.7. The Balaban J connectivity index is 0.00000368. The van der Waals surface area contributed by atoms with Gasteiger partial charge in [0.05, 0.1) is 30.2 Å². The highest BCUT2D eigenvalue weighted by Gasteiger charge is 2.30. The molecule has 43 heavy (non-hydrogen) atoms. The van der Waals surface area contributed by atoms with E-state index in [2.05, 4.69) is 30.4 Å². The number of pyridine rings is 3. The second kappa shape index (κ2) is 13.4. The third-order valence-electron chi connectivity index (χ3n) is 8.14. The van der Waals surface area contributed by atoms with Crippen molar-refractivity contribution in [2.24, 2.45) is 0 Å². The van der Waals surface area contributed by atoms with Crippen LogP contribution >= 0.6 is 12.4 Å². The number of aryl methyl sites for hydroxylation is 1. The fourth-order valence-corrected chi connectivity index (χ4v) is 5.97. The molecule has 4 heterocycles. The summed E-state index contributed by atoms with van der Waals surface area (Å²) >= 11 is 0. The molecule has 1 atom stereocenters. The molecule has 1 saturated heterocycles. The highest BCUT2D eigenvalue weighted by molar-refractivity contribution is 5.85. The summed E-state index contributed by atoms with van der Waals surface area (Å²) in [6.07, 6.45) is 10.4. The van der Waals surface area contributed by atoms with Crippen LogP contribution in [-0.2, 0) is 13.1 Å². The highest BCUT2D eigenvalue weighted by Crippen LogP contribution is 2.38. The maximum absolute atomic E-state index is 15.0. The van der Waals surface area contributed by atoms with Gasteiger partial charge in [0.2, 0.25) is 0 Å². The van der Waals surface area contributed by atoms with Gasteiger partial charge in [-0.1, -0.05) is 0 Å². The summed E-state index contributed by atoms with van der Waals surface area (Å²) in [7, 11) is 0. The van der Waals surface area contributed by atoms with Gasteiger partial charge in [0.1, 0.15) is 12.4 Å². The van der Waals surface area contributed by atoms with E-state index in [4.69, 9.17) is 9.84 Å². The van der Waals surface area contributed by atoms with Crippen LogP contribution in [0.5, 0.6) is 5.75 Å². The Labute approximate surface area is 255 Å². The Morgan fingerprint density at radius 1 is 1.12 bits per heavy atom. The van der Waals surface area contributed by atoms with Gasteiger partial charge in [-0.15, -0.1) is 12.4 Å². The van der Waals surface area contributed by atoms with Crippen molar-refractivity contribution in [3.63, 3.8) is 0 Å². The van der Waals surface area contributed by atoms with Gasteiger partial charge in [0.25, 0.3) is 0 Å². The van der Waals surface area contributed by atoms with Crippen molar-refractivity contribution < 1.29 is 18.6 Å². The van der Waals surface area contributed by atoms with Crippen LogP contribution in [0, 0.1) is 18.6 Å². The quantitative estimate of drug-likeness (QED) is 0.265. The molecule has 3 aromatic heterocycles. The number of rotatable bonds is 10. The molecule has 0 bridgehead atoms. The molecule has 0 radical (unpaired) electrons. The largest absolute Gasteiger partial charge is 0.488 e. The minimum Gasteiger partial charge on any atom is -0.488 e. The van der Waals surface area contributed by atoms with Gasteiger partial charge in [-0.25, -0.2) is 8.78 Å². The average Bonchev–Trinajstić information content (AvgIpc) is 3.83. The molecule has 1 aliphatic carbocycles. The molecule has 1 aromatic carbocycles. The van der Waals surface area contributed by atoms with Crippen LogP contribution in [-0.4, -0.2) is 56.9 Å². The first-order valence-electron chi connectivity index (χ1n) is 14.5. The molecule has 0 spiro atoms. The predicted octanol–water partition coefficient (Wildman–Crippen LogP) is 5.18. The van der Waals surface area contributed by atoms with Crippen molar-refractivity contribution in [1.82, 2.24) is 19.4 Å². The Kier molecular flexibility index (Phi) is 9.59. The topological polar surface area (TPSA) is 83.7 Å². The summed E-state index contributed by atoms with van der Waals surface area (Å²) in [5, 5.41) is 9.46. The van der Waals surface area contributed by atoms with Crippen molar-refractivity contribution in [2.75, 3.05) is 31.2 Å². The molecular weight excluding hydrogens is 576 g/mol. The zero-order valence-electron chi connectivity index (χ0n) is 24.1. The predicted molar refractivity (Wildman–Crippen MR) is 164 cm³/mol. The number of hydrogen-bond donors (Lipinski definition) is 1. The minimum absolute atomic E-state index is 0. The first kappa shape index (κ1) is 30.8. The molecule has 1 aliphatic heterocycles. The van der Waals surface area contributed by atoms with Crippen LogP contribution < -0.4 is 15.1 Å². The van der Waals surface area contributed by atoms with E-state index in [1.54, 1.807) is 18.5 Å². The van der Waals surface area contributed by atoms with Crippen LogP contribution in [0.4, 0.5) is 14.5 Å². The summed E-state index contributed by atoms with van der Waals surface area (Å²) in [6, 6.07) is 8.72. The second-order valence-corrected chi connectivity index (χ2v) is 11.3. The molecule has 2 aliphatic rings. The summed E-state index contributed by atoms with van der Waals surface area (Å²) in [5.74, 6) is -0.960. The van der Waals surface area contributed by atoms with Crippen molar-refractivity contribution >= 4 is 29.0 Å². The van der Waals surface area contributed by atoms with Gasteiger partial charge in [0.15, 0.2) is 17.0 Å². The molecule has 8 nitrogen and oxygen atoms in total. The lowest BCUT2D eigenvalue weighted by Crippen LogP contribution is -2.48. The highest BCUT2D eigenvalue weighted by atomic mass is 35.5. The fraction of sp³-hybridized carbons (Fsp3) is 0.406. The van der Waals surface area contributed by atoms with Gasteiger partial charge >= 0.3 is 0 Å². The molecule has 1 N–H and O–H groups in total. The van der Waals surface area contributed by atoms with E-state index in [1.807, 2.05) is 19.2 Å². The lowest BCUT2D eigenvalue weighted by molar-refractivity contribution is 0.158. The molecule has 228 valence electrons. The minimum atomic E-state index is -0.622. The number of aliphatic hydroxyl groups excluding tert-OH is 1. The van der Waals surface area contributed by atoms with Gasteiger partial charge < -0.3 is 19.3 Å². The van der Waals surface area contributed by atoms with Gasteiger partial charge in [-0.2, -0.15) is 0 Å². The van der Waals surface area contributed by atoms with Crippen LogP contribution in [0.3, 0.4) is 0 Å². The van der Waals surface area contributed by atoms with Crippen molar-refractivity contribution in [3.05, 3.63) is 93.8 Å². The molecule has 4 aromatic rings. The summed E-state index contributed by atoms with van der Waals surface area (Å²) < 4.78 is 36.5. The summed E-state index contributed by atoms with van der Waals surface area (Å²) in [6.45, 7) is 4.15. The van der Waals surface area contributed by atoms with E-state index in [1.165, 1.54) is 18.3 Å². The Hall–Kier alpha value is -3.60. The van der Waals surface area contributed by atoms with Crippen LogP contribution in [0.2, 0.25) is 0 Å². The average molecular weight is 612 g/mol. The van der Waals surface area contributed by atoms with Gasteiger partial charge in [-0.05, 0) is 56.4 Å². The third kappa shape index (κ3) is 6.98. The lowest BCUT2D eigenvalue weighted by Gasteiger charge is -2.40. The van der Waals surface area contributed by atoms with Gasteiger partial charge in [-0.3, -0.25) is 19.7 Å². The molecule has 6 rings (SSSR count). The van der Waals surface area contributed by atoms with Gasteiger partial charge in [0, 0.05) is 79.4 Å². The number of anilines is 1. The maximum Gasteiger partial charge on any atom is 0.193 e. The molecule has 2 fully saturated rings. The Morgan fingerprint density at radius 2 is 1.95 bits per heavy atom. The smallest absolute Gasteiger partial charge is 0.193 e. The normalized spacial score (nSPS) is 16.9. The molecule has 0 amide bonds. The second-order valence-electron chi connectivity index (χ2n) is 11.3. The zero-order valence-corrected chi connectivity index (χ0v) is 24.9. The van der Waals surface area contributed by atoms with E-state index in [9.17, 15) is 9.18 Å². The number of nitrogens with zero attached hydrogens (tertiary/aromatic N) is 5. The standard InChI is InChI=1S/C32H35F2N5O3.ClH/c1-21-11-22(6-7-36-21)17-38(26-3-2-8-37(20-26)27-12-24(33)15-35-16-27)18-23-19-39(25-4-5-25)30-14-31(42-10-9-40)29(34)13-28(30)32(23)41;/h6-7,11-16,19,25-26,40H,2-5,8-10,17-18,20H2,1H3;1H/t26-;/m0./s1. The number of piperidine rings is 1. The molecule has 11 heteroatoms. The van der Waals surface area contributed by atoms with Crippen molar-refractivity contribution in [1.29, 1.82) is 0 Å². The van der Waals surface area contributed by atoms with Crippen LogP contribution in [0.25, 0.3) is 10.9 Å². The van der Waals surface area contributed by atoms with Crippen LogP contribution in [0.15, 0.2) is 59.9 Å². The summed E-state index contributed by atoms with van der Waals surface area (Å²) in [5.41, 5.74) is 3.79.